The molecule has 0 saturated heterocycles. The normalized spacial score (nSPS) is 10.6. The minimum Gasteiger partial charge on any atom is -0.477 e. The fraction of sp³-hybridized carbons (Fsp3) is 0. The van der Waals surface area contributed by atoms with E-state index >= 15 is 0 Å². The number of carbonyl (C=O) groups is 1. The van der Waals surface area contributed by atoms with E-state index in [-0.39, 0.29) is 11.4 Å². The number of rotatable bonds is 1. The molecule has 0 atom stereocenters. The van der Waals surface area contributed by atoms with Crippen LogP contribution in [-0.2, 0) is 0 Å². The van der Waals surface area contributed by atoms with E-state index in [0.29, 0.717) is 15.9 Å². The van der Waals surface area contributed by atoms with Crippen molar-refractivity contribution in [3.63, 3.8) is 0 Å². The van der Waals surface area contributed by atoms with Gasteiger partial charge in [-0.25, -0.2) is 4.79 Å². The Balaban J connectivity index is 2.80. The molecule has 1 aromatic heterocycles. The number of aromatic carboxylic acids is 1. The molecule has 0 aliphatic rings. The van der Waals surface area contributed by atoms with Gasteiger partial charge >= 0.3 is 5.97 Å². The molecular formula is C9H7ClN2O2. The van der Waals surface area contributed by atoms with Crippen LogP contribution in [-0.4, -0.2) is 16.1 Å². The fourth-order valence-electron chi connectivity index (χ4n) is 1.35. The molecule has 0 radical (unpaired) electrons. The van der Waals surface area contributed by atoms with E-state index in [1.165, 1.54) is 0 Å². The SMILES string of the molecule is Nc1c(C(=O)O)[nH]c2ccc(Cl)cc12. The molecule has 0 spiro atoms. The van der Waals surface area contributed by atoms with Crippen molar-refractivity contribution in [1.82, 2.24) is 4.98 Å². The van der Waals surface area contributed by atoms with Crippen molar-refractivity contribution in [2.24, 2.45) is 0 Å². The third-order valence-electron chi connectivity index (χ3n) is 2.01. The summed E-state index contributed by atoms with van der Waals surface area (Å²) in [5.41, 5.74) is 6.53. The summed E-state index contributed by atoms with van der Waals surface area (Å²) in [4.78, 5) is 13.4. The summed E-state index contributed by atoms with van der Waals surface area (Å²) in [7, 11) is 0. The molecular weight excluding hydrogens is 204 g/mol. The Morgan fingerprint density at radius 2 is 2.21 bits per heavy atom. The number of hydrogen-bond acceptors (Lipinski definition) is 2. The largest absolute Gasteiger partial charge is 0.477 e. The van der Waals surface area contributed by atoms with Gasteiger partial charge in [0.25, 0.3) is 0 Å². The highest BCUT2D eigenvalue weighted by atomic mass is 35.5. The molecule has 0 bridgehead atoms. The molecule has 0 aliphatic carbocycles. The number of carboxylic acids is 1. The maximum absolute atomic E-state index is 10.7. The molecule has 2 rings (SSSR count). The average molecular weight is 211 g/mol. The number of nitrogen functional groups attached to an aromatic ring is 1. The number of benzene rings is 1. The highest BCUT2D eigenvalue weighted by Crippen LogP contribution is 2.27. The first kappa shape index (κ1) is 8.90. The van der Waals surface area contributed by atoms with Gasteiger partial charge in [-0.05, 0) is 18.2 Å². The van der Waals surface area contributed by atoms with E-state index in [0.717, 1.165) is 0 Å². The highest BCUT2D eigenvalue weighted by molar-refractivity contribution is 6.31. The Morgan fingerprint density at radius 1 is 1.50 bits per heavy atom. The van der Waals surface area contributed by atoms with E-state index in [1.54, 1.807) is 18.2 Å². The van der Waals surface area contributed by atoms with Crippen LogP contribution in [0.5, 0.6) is 0 Å². The van der Waals surface area contributed by atoms with Gasteiger partial charge in [0.2, 0.25) is 0 Å². The van der Waals surface area contributed by atoms with Gasteiger partial charge in [0.15, 0.2) is 0 Å². The molecule has 72 valence electrons. The minimum atomic E-state index is -1.07. The summed E-state index contributed by atoms with van der Waals surface area (Å²) in [5, 5.41) is 9.95. The Bertz CT molecular complexity index is 519. The first-order chi connectivity index (χ1) is 6.59. The van der Waals surface area contributed by atoms with Crippen LogP contribution in [0.2, 0.25) is 5.02 Å². The molecule has 5 heteroatoms. The van der Waals surface area contributed by atoms with Crippen LogP contribution in [0.25, 0.3) is 10.9 Å². The Morgan fingerprint density at radius 3 is 2.86 bits per heavy atom. The lowest BCUT2D eigenvalue weighted by Crippen LogP contribution is -2.00. The first-order valence-corrected chi connectivity index (χ1v) is 4.27. The number of nitrogens with two attached hydrogens (primary N) is 1. The highest BCUT2D eigenvalue weighted by Gasteiger charge is 2.14. The number of anilines is 1. The fourth-order valence-corrected chi connectivity index (χ4v) is 1.53. The zero-order valence-corrected chi connectivity index (χ0v) is 7.80. The van der Waals surface area contributed by atoms with Crippen LogP contribution >= 0.6 is 11.6 Å². The molecule has 4 nitrogen and oxygen atoms in total. The molecule has 4 N–H and O–H groups in total. The Labute approximate surface area is 84.3 Å². The maximum Gasteiger partial charge on any atom is 0.354 e. The van der Waals surface area contributed by atoms with Gasteiger partial charge in [-0.2, -0.15) is 0 Å². The lowest BCUT2D eigenvalue weighted by atomic mass is 10.2. The molecule has 0 aliphatic heterocycles. The van der Waals surface area contributed by atoms with Crippen molar-refractivity contribution < 1.29 is 9.90 Å². The lowest BCUT2D eigenvalue weighted by Gasteiger charge is -1.92. The van der Waals surface area contributed by atoms with Crippen molar-refractivity contribution >= 4 is 34.2 Å². The number of hydrogen-bond donors (Lipinski definition) is 3. The van der Waals surface area contributed by atoms with E-state index in [2.05, 4.69) is 4.98 Å². The number of carboxylic acid groups (broad SMARTS) is 1. The summed E-state index contributed by atoms with van der Waals surface area (Å²) in [6, 6.07) is 5.00. The van der Waals surface area contributed by atoms with Crippen molar-refractivity contribution in [3.05, 3.63) is 28.9 Å². The first-order valence-electron chi connectivity index (χ1n) is 3.89. The standard InChI is InChI=1S/C9H7ClN2O2/c10-4-1-2-6-5(3-4)7(11)8(12-6)9(13)14/h1-3,12H,11H2,(H,13,14). The van der Waals surface area contributed by atoms with Crippen molar-refractivity contribution in [1.29, 1.82) is 0 Å². The third-order valence-corrected chi connectivity index (χ3v) is 2.25. The lowest BCUT2D eigenvalue weighted by molar-refractivity contribution is 0.0692. The molecule has 1 heterocycles. The molecule has 0 amide bonds. The van der Waals surface area contributed by atoms with Crippen LogP contribution in [0.3, 0.4) is 0 Å². The summed E-state index contributed by atoms with van der Waals surface area (Å²) < 4.78 is 0. The van der Waals surface area contributed by atoms with E-state index in [4.69, 9.17) is 22.4 Å². The van der Waals surface area contributed by atoms with E-state index < -0.39 is 5.97 Å². The average Bonchev–Trinajstić information content (AvgIpc) is 2.44. The summed E-state index contributed by atoms with van der Waals surface area (Å²) >= 11 is 5.76. The van der Waals surface area contributed by atoms with Gasteiger partial charge in [-0.3, -0.25) is 0 Å². The molecule has 14 heavy (non-hydrogen) atoms. The zero-order valence-electron chi connectivity index (χ0n) is 7.04. The van der Waals surface area contributed by atoms with Gasteiger partial charge in [0, 0.05) is 15.9 Å². The van der Waals surface area contributed by atoms with Crippen LogP contribution < -0.4 is 5.73 Å². The summed E-state index contributed by atoms with van der Waals surface area (Å²) in [5.74, 6) is -1.07. The van der Waals surface area contributed by atoms with Crippen molar-refractivity contribution in [3.8, 4) is 0 Å². The smallest absolute Gasteiger partial charge is 0.354 e. The van der Waals surface area contributed by atoms with Crippen LogP contribution in [0.4, 0.5) is 5.69 Å². The number of H-pyrrole nitrogens is 1. The van der Waals surface area contributed by atoms with E-state index in [1.807, 2.05) is 0 Å². The zero-order chi connectivity index (χ0) is 10.3. The van der Waals surface area contributed by atoms with Gasteiger partial charge in [0.05, 0.1) is 5.69 Å². The molecule has 0 fully saturated rings. The van der Waals surface area contributed by atoms with Gasteiger partial charge in [-0.15, -0.1) is 0 Å². The van der Waals surface area contributed by atoms with Gasteiger partial charge in [-0.1, -0.05) is 11.6 Å². The van der Waals surface area contributed by atoms with Crippen molar-refractivity contribution in [2.45, 2.75) is 0 Å². The predicted octanol–water partition coefficient (Wildman–Crippen LogP) is 2.10. The molecule has 0 saturated carbocycles. The number of fused-ring (bicyclic) bond motifs is 1. The topological polar surface area (TPSA) is 79.1 Å². The quantitative estimate of drug-likeness (QED) is 0.675. The monoisotopic (exact) mass is 210 g/mol. The molecule has 0 unspecified atom stereocenters. The van der Waals surface area contributed by atoms with Crippen LogP contribution in [0, 0.1) is 0 Å². The number of aromatic amines is 1. The second kappa shape index (κ2) is 2.92. The maximum atomic E-state index is 10.7. The number of halogens is 1. The van der Waals surface area contributed by atoms with Gasteiger partial charge in [0.1, 0.15) is 5.69 Å². The molecule has 2 aromatic rings. The predicted molar refractivity (Wildman–Crippen MR) is 54.7 cm³/mol. The second-order valence-electron chi connectivity index (χ2n) is 2.91. The van der Waals surface area contributed by atoms with E-state index in [9.17, 15) is 4.79 Å². The summed E-state index contributed by atoms with van der Waals surface area (Å²) in [6.07, 6.45) is 0. The van der Waals surface area contributed by atoms with Crippen LogP contribution in [0.1, 0.15) is 10.5 Å². The van der Waals surface area contributed by atoms with Crippen molar-refractivity contribution in [2.75, 3.05) is 5.73 Å². The van der Waals surface area contributed by atoms with Gasteiger partial charge < -0.3 is 15.8 Å². The summed E-state index contributed by atoms with van der Waals surface area (Å²) in [6.45, 7) is 0. The number of aromatic nitrogens is 1. The second-order valence-corrected chi connectivity index (χ2v) is 3.35. The Hall–Kier alpha value is -1.68. The minimum absolute atomic E-state index is 0.00210. The Kier molecular flexibility index (Phi) is 1.86. The third kappa shape index (κ3) is 1.20. The number of nitrogens with one attached hydrogen (secondary N) is 1. The molecule has 1 aromatic carbocycles. The van der Waals surface area contributed by atoms with Crippen LogP contribution in [0.15, 0.2) is 18.2 Å².